The number of aromatic nitrogens is 1. The van der Waals surface area contributed by atoms with Crippen LogP contribution in [0.4, 0.5) is 5.69 Å². The van der Waals surface area contributed by atoms with Gasteiger partial charge in [0.15, 0.2) is 0 Å². The van der Waals surface area contributed by atoms with Crippen LogP contribution in [0.25, 0.3) is 0 Å². The van der Waals surface area contributed by atoms with Crippen LogP contribution in [0.3, 0.4) is 0 Å². The van der Waals surface area contributed by atoms with Gasteiger partial charge in [0.2, 0.25) is 5.88 Å². The Labute approximate surface area is 116 Å². The molecule has 5 nitrogen and oxygen atoms in total. The largest absolute Gasteiger partial charge is 0.438 e. The fraction of sp³-hybridized carbons (Fsp3) is 0. The Hall–Kier alpha value is -1.66. The lowest BCUT2D eigenvalue weighted by molar-refractivity contribution is -0.384. The Morgan fingerprint density at radius 2 is 2.11 bits per heavy atom. The zero-order valence-corrected chi connectivity index (χ0v) is 11.2. The number of hydrogen-bond donors (Lipinski definition) is 0. The van der Waals surface area contributed by atoms with Crippen molar-refractivity contribution in [1.82, 2.24) is 4.98 Å². The topological polar surface area (TPSA) is 65.3 Å². The van der Waals surface area contributed by atoms with Gasteiger partial charge in [-0.2, -0.15) is 0 Å². The molecule has 0 amide bonds. The first-order chi connectivity index (χ1) is 8.56. The van der Waals surface area contributed by atoms with Gasteiger partial charge in [0, 0.05) is 6.07 Å². The maximum atomic E-state index is 10.6. The summed E-state index contributed by atoms with van der Waals surface area (Å²) in [5, 5.41) is 10.9. The fourth-order valence-electron chi connectivity index (χ4n) is 1.24. The van der Waals surface area contributed by atoms with Crippen LogP contribution in [0.5, 0.6) is 11.6 Å². The van der Waals surface area contributed by atoms with Gasteiger partial charge in [-0.1, -0.05) is 17.7 Å². The summed E-state index contributed by atoms with van der Waals surface area (Å²) in [6, 6.07) is 9.12. The summed E-state index contributed by atoms with van der Waals surface area (Å²) in [6.45, 7) is 0. The van der Waals surface area contributed by atoms with E-state index in [-0.39, 0.29) is 16.7 Å². The Kier molecular flexibility index (Phi) is 3.78. The molecule has 7 heteroatoms. The first kappa shape index (κ1) is 12.8. The third kappa shape index (κ3) is 2.96. The standard InChI is InChI=1S/C11H6BrClN2O3/c12-9-4-5-10(13)14-11(9)18-8-3-1-2-7(6-8)15(16)17/h1-6H. The molecule has 0 radical (unpaired) electrons. The molecular formula is C11H6BrClN2O3. The zero-order valence-electron chi connectivity index (χ0n) is 8.84. The van der Waals surface area contributed by atoms with E-state index in [2.05, 4.69) is 20.9 Å². The van der Waals surface area contributed by atoms with Gasteiger partial charge >= 0.3 is 0 Å². The van der Waals surface area contributed by atoms with E-state index < -0.39 is 4.92 Å². The number of nitro groups is 1. The molecule has 0 atom stereocenters. The zero-order chi connectivity index (χ0) is 13.1. The number of ether oxygens (including phenoxy) is 1. The van der Waals surface area contributed by atoms with Crippen LogP contribution in [0, 0.1) is 10.1 Å². The number of rotatable bonds is 3. The summed E-state index contributed by atoms with van der Waals surface area (Å²) in [5.41, 5.74) is -0.0503. The van der Waals surface area contributed by atoms with Crippen molar-refractivity contribution in [2.24, 2.45) is 0 Å². The van der Waals surface area contributed by atoms with Crippen LogP contribution in [0.2, 0.25) is 5.15 Å². The summed E-state index contributed by atoms with van der Waals surface area (Å²) < 4.78 is 6.04. The second-order valence-corrected chi connectivity index (χ2v) is 4.52. The Morgan fingerprint density at radius 3 is 2.83 bits per heavy atom. The molecule has 1 heterocycles. The summed E-state index contributed by atoms with van der Waals surface area (Å²) in [6.07, 6.45) is 0. The number of hydrogen-bond acceptors (Lipinski definition) is 4. The molecule has 0 fully saturated rings. The molecule has 0 N–H and O–H groups in total. The predicted octanol–water partition coefficient (Wildman–Crippen LogP) is 4.20. The average molecular weight is 330 g/mol. The van der Waals surface area contributed by atoms with Crippen molar-refractivity contribution < 1.29 is 9.66 Å². The van der Waals surface area contributed by atoms with Crippen LogP contribution in [-0.2, 0) is 0 Å². The SMILES string of the molecule is O=[N+]([O-])c1cccc(Oc2nc(Cl)ccc2Br)c1. The molecular weight excluding hydrogens is 323 g/mol. The van der Waals surface area contributed by atoms with Crippen molar-refractivity contribution >= 4 is 33.2 Å². The van der Waals surface area contributed by atoms with E-state index in [1.54, 1.807) is 18.2 Å². The quantitative estimate of drug-likeness (QED) is 0.481. The molecule has 0 spiro atoms. The van der Waals surface area contributed by atoms with Gasteiger partial charge in [0.1, 0.15) is 10.9 Å². The Balaban J connectivity index is 2.31. The minimum Gasteiger partial charge on any atom is -0.438 e. The van der Waals surface area contributed by atoms with E-state index >= 15 is 0 Å². The number of halogens is 2. The van der Waals surface area contributed by atoms with Gasteiger partial charge in [0.05, 0.1) is 15.5 Å². The van der Waals surface area contributed by atoms with Crippen LogP contribution in [0.1, 0.15) is 0 Å². The van der Waals surface area contributed by atoms with Crippen LogP contribution < -0.4 is 4.74 Å². The second kappa shape index (κ2) is 5.32. The summed E-state index contributed by atoms with van der Waals surface area (Å²) in [4.78, 5) is 14.1. The normalized spacial score (nSPS) is 10.1. The van der Waals surface area contributed by atoms with Crippen molar-refractivity contribution in [3.8, 4) is 11.6 Å². The number of pyridine rings is 1. The molecule has 0 aliphatic rings. The molecule has 0 bridgehead atoms. The summed E-state index contributed by atoms with van der Waals surface area (Å²) >= 11 is 9.00. The first-order valence-electron chi connectivity index (χ1n) is 4.80. The van der Waals surface area contributed by atoms with Gasteiger partial charge in [-0.3, -0.25) is 10.1 Å². The van der Waals surface area contributed by atoms with Crippen molar-refractivity contribution in [2.45, 2.75) is 0 Å². The monoisotopic (exact) mass is 328 g/mol. The minimum absolute atomic E-state index is 0.0503. The van der Waals surface area contributed by atoms with E-state index in [0.717, 1.165) is 0 Å². The molecule has 2 aromatic rings. The van der Waals surface area contributed by atoms with Gasteiger partial charge in [0.25, 0.3) is 5.69 Å². The smallest absolute Gasteiger partial charge is 0.273 e. The predicted molar refractivity (Wildman–Crippen MR) is 70.1 cm³/mol. The highest BCUT2D eigenvalue weighted by molar-refractivity contribution is 9.10. The average Bonchev–Trinajstić information content (AvgIpc) is 2.34. The molecule has 0 saturated carbocycles. The van der Waals surface area contributed by atoms with Gasteiger partial charge in [-0.05, 0) is 34.1 Å². The highest BCUT2D eigenvalue weighted by Crippen LogP contribution is 2.30. The Morgan fingerprint density at radius 1 is 1.33 bits per heavy atom. The van der Waals surface area contributed by atoms with Crippen molar-refractivity contribution in [3.05, 3.63) is 56.1 Å². The maximum Gasteiger partial charge on any atom is 0.273 e. The second-order valence-electron chi connectivity index (χ2n) is 3.28. The highest BCUT2D eigenvalue weighted by Gasteiger charge is 2.09. The number of nitro benzene ring substituents is 1. The molecule has 0 unspecified atom stereocenters. The van der Waals surface area contributed by atoms with Crippen molar-refractivity contribution in [1.29, 1.82) is 0 Å². The fourth-order valence-corrected chi connectivity index (χ4v) is 1.69. The third-order valence-corrected chi connectivity index (χ3v) is 2.84. The number of non-ortho nitro benzene ring substituents is 1. The summed E-state index contributed by atoms with van der Waals surface area (Å²) in [7, 11) is 0. The Bertz CT molecular complexity index is 607. The molecule has 0 saturated heterocycles. The van der Waals surface area contributed by atoms with E-state index in [4.69, 9.17) is 16.3 Å². The number of benzene rings is 1. The third-order valence-electron chi connectivity index (χ3n) is 2.02. The molecule has 0 aliphatic carbocycles. The minimum atomic E-state index is -0.493. The van der Waals surface area contributed by atoms with Gasteiger partial charge in [-0.25, -0.2) is 4.98 Å². The van der Waals surface area contributed by atoms with E-state index in [0.29, 0.717) is 10.2 Å². The summed E-state index contributed by atoms with van der Waals surface area (Å²) in [5.74, 6) is 0.572. The molecule has 18 heavy (non-hydrogen) atoms. The molecule has 1 aromatic carbocycles. The molecule has 92 valence electrons. The molecule has 1 aromatic heterocycles. The van der Waals surface area contributed by atoms with Crippen LogP contribution >= 0.6 is 27.5 Å². The van der Waals surface area contributed by atoms with Gasteiger partial charge in [-0.15, -0.1) is 0 Å². The lowest BCUT2D eigenvalue weighted by atomic mass is 10.3. The van der Waals surface area contributed by atoms with Gasteiger partial charge < -0.3 is 4.74 Å². The van der Waals surface area contributed by atoms with E-state index in [1.807, 2.05) is 0 Å². The van der Waals surface area contributed by atoms with Crippen molar-refractivity contribution in [3.63, 3.8) is 0 Å². The van der Waals surface area contributed by atoms with Crippen LogP contribution in [-0.4, -0.2) is 9.91 Å². The highest BCUT2D eigenvalue weighted by atomic mass is 79.9. The first-order valence-corrected chi connectivity index (χ1v) is 5.98. The van der Waals surface area contributed by atoms with Crippen LogP contribution in [0.15, 0.2) is 40.9 Å². The maximum absolute atomic E-state index is 10.6. The molecule has 0 aliphatic heterocycles. The van der Waals surface area contributed by atoms with E-state index in [9.17, 15) is 10.1 Å². The number of nitrogens with zero attached hydrogens (tertiary/aromatic N) is 2. The lowest BCUT2D eigenvalue weighted by Gasteiger charge is -2.06. The van der Waals surface area contributed by atoms with Crippen molar-refractivity contribution in [2.75, 3.05) is 0 Å². The van der Waals surface area contributed by atoms with E-state index in [1.165, 1.54) is 18.2 Å². The lowest BCUT2D eigenvalue weighted by Crippen LogP contribution is -1.92. The molecule has 2 rings (SSSR count).